The number of rotatable bonds is 3. The van der Waals surface area contributed by atoms with Crippen LogP contribution in [0, 0.1) is 0 Å². The van der Waals surface area contributed by atoms with Crippen LogP contribution in [0.5, 0.6) is 0 Å². The number of likely N-dealkylation sites (N-methyl/N-ethyl adjacent to an activating group) is 1. The number of ether oxygens (including phenoxy) is 1. The third kappa shape index (κ3) is 4.09. The van der Waals surface area contributed by atoms with Gasteiger partial charge in [-0.1, -0.05) is 12.1 Å². The number of benzene rings is 1. The van der Waals surface area contributed by atoms with E-state index in [-0.39, 0.29) is 30.2 Å². The molecule has 2 aromatic rings. The Labute approximate surface area is 169 Å². The van der Waals surface area contributed by atoms with Crippen molar-refractivity contribution in [2.75, 3.05) is 33.3 Å². The van der Waals surface area contributed by atoms with E-state index in [1.165, 1.54) is 6.33 Å². The predicted molar refractivity (Wildman–Crippen MR) is 105 cm³/mol. The van der Waals surface area contributed by atoms with E-state index in [2.05, 4.69) is 15.4 Å². The highest BCUT2D eigenvalue weighted by molar-refractivity contribution is 5.78. The van der Waals surface area contributed by atoms with Crippen molar-refractivity contribution in [3.63, 3.8) is 0 Å². The molecule has 2 aliphatic rings. The van der Waals surface area contributed by atoms with Gasteiger partial charge in [0.1, 0.15) is 19.3 Å². The largest absolute Gasteiger partial charge is 0.363 e. The van der Waals surface area contributed by atoms with Crippen LogP contribution in [0.4, 0.5) is 4.79 Å². The number of nitrogens with zero attached hydrogens (tertiary/aromatic N) is 5. The number of nitrogens with one attached hydrogen (secondary N) is 1. The van der Waals surface area contributed by atoms with Crippen LogP contribution in [0.1, 0.15) is 31.4 Å². The van der Waals surface area contributed by atoms with Crippen molar-refractivity contribution in [2.24, 2.45) is 0 Å². The van der Waals surface area contributed by atoms with Gasteiger partial charge in [0.2, 0.25) is 5.91 Å². The average Bonchev–Trinajstić information content (AvgIpc) is 3.27. The minimum atomic E-state index is -0.317. The number of urea groups is 1. The van der Waals surface area contributed by atoms with Crippen molar-refractivity contribution in [1.29, 1.82) is 0 Å². The standard InChI is InChI=1S/C20H26N6O3/c1-15(16-3-5-17(6-4-16)26-14-21-13-22-26)23-19(28)25-9-7-20(8-10-25)12-24(2)18(27)11-29-20/h3-6,13-15H,7-12H2,1-2H3,(H,23,28)/t15-/m1/s1. The van der Waals surface area contributed by atoms with Crippen LogP contribution >= 0.6 is 0 Å². The van der Waals surface area contributed by atoms with Gasteiger partial charge in [-0.3, -0.25) is 4.79 Å². The van der Waals surface area contributed by atoms with E-state index in [1.807, 2.05) is 43.1 Å². The number of carbonyl (C=O) groups is 2. The van der Waals surface area contributed by atoms with Gasteiger partial charge in [0.05, 0.1) is 17.3 Å². The molecule has 3 amide bonds. The Hall–Kier alpha value is -2.94. The molecule has 0 aliphatic carbocycles. The first-order valence-corrected chi connectivity index (χ1v) is 9.84. The van der Waals surface area contributed by atoms with E-state index in [0.29, 0.717) is 19.6 Å². The number of morpholine rings is 1. The maximum Gasteiger partial charge on any atom is 0.317 e. The highest BCUT2D eigenvalue weighted by atomic mass is 16.5. The summed E-state index contributed by atoms with van der Waals surface area (Å²) in [6.07, 6.45) is 4.61. The van der Waals surface area contributed by atoms with Crippen LogP contribution in [-0.2, 0) is 9.53 Å². The summed E-state index contributed by atoms with van der Waals surface area (Å²) < 4.78 is 7.54. The fraction of sp³-hybridized carbons (Fsp3) is 0.500. The lowest BCUT2D eigenvalue weighted by Crippen LogP contribution is -2.59. The third-order valence-electron chi connectivity index (χ3n) is 5.83. The van der Waals surface area contributed by atoms with Crippen LogP contribution < -0.4 is 5.32 Å². The summed E-state index contributed by atoms with van der Waals surface area (Å²) in [5.41, 5.74) is 1.62. The van der Waals surface area contributed by atoms with E-state index < -0.39 is 0 Å². The average molecular weight is 398 g/mol. The molecule has 2 aliphatic heterocycles. The molecule has 2 saturated heterocycles. The van der Waals surface area contributed by atoms with Crippen molar-refractivity contribution in [1.82, 2.24) is 29.9 Å². The quantitative estimate of drug-likeness (QED) is 0.843. The number of likely N-dealkylation sites (tertiary alicyclic amines) is 1. The molecule has 1 aromatic carbocycles. The molecule has 29 heavy (non-hydrogen) atoms. The zero-order valence-electron chi connectivity index (χ0n) is 16.7. The molecule has 4 rings (SSSR count). The van der Waals surface area contributed by atoms with Gasteiger partial charge in [-0.2, -0.15) is 5.10 Å². The summed E-state index contributed by atoms with van der Waals surface area (Å²) in [4.78, 5) is 31.9. The Morgan fingerprint density at radius 1 is 1.24 bits per heavy atom. The number of piperidine rings is 1. The number of amides is 3. The zero-order valence-corrected chi connectivity index (χ0v) is 16.7. The van der Waals surface area contributed by atoms with Gasteiger partial charge in [-0.05, 0) is 37.5 Å². The van der Waals surface area contributed by atoms with E-state index in [9.17, 15) is 9.59 Å². The number of hydrogen-bond donors (Lipinski definition) is 1. The Bertz CT molecular complexity index is 859. The van der Waals surface area contributed by atoms with Crippen LogP contribution in [0.3, 0.4) is 0 Å². The smallest absolute Gasteiger partial charge is 0.317 e. The Balaban J connectivity index is 1.31. The first-order chi connectivity index (χ1) is 14.0. The maximum atomic E-state index is 12.7. The van der Waals surface area contributed by atoms with E-state index >= 15 is 0 Å². The second kappa shape index (κ2) is 7.82. The molecule has 1 N–H and O–H groups in total. The summed E-state index contributed by atoms with van der Waals surface area (Å²) in [6.45, 7) is 3.93. The lowest BCUT2D eigenvalue weighted by molar-refractivity contribution is -0.167. The highest BCUT2D eigenvalue weighted by Gasteiger charge is 2.42. The monoisotopic (exact) mass is 398 g/mol. The molecule has 1 atom stereocenters. The molecule has 1 spiro atoms. The fourth-order valence-electron chi connectivity index (χ4n) is 3.93. The molecule has 9 nitrogen and oxygen atoms in total. The summed E-state index contributed by atoms with van der Waals surface area (Å²) >= 11 is 0. The molecule has 2 fully saturated rings. The first-order valence-electron chi connectivity index (χ1n) is 9.84. The van der Waals surface area contributed by atoms with Crippen molar-refractivity contribution >= 4 is 11.9 Å². The molecular formula is C20H26N6O3. The minimum absolute atomic E-state index is 0.0134. The van der Waals surface area contributed by atoms with Gasteiger partial charge in [-0.15, -0.1) is 0 Å². The fourth-order valence-corrected chi connectivity index (χ4v) is 3.93. The molecule has 154 valence electrons. The van der Waals surface area contributed by atoms with E-state index in [4.69, 9.17) is 4.74 Å². The first kappa shape index (κ1) is 19.4. The van der Waals surface area contributed by atoms with Crippen LogP contribution in [0.2, 0.25) is 0 Å². The molecule has 0 bridgehead atoms. The Kier molecular flexibility index (Phi) is 5.23. The van der Waals surface area contributed by atoms with Gasteiger partial charge in [-0.25, -0.2) is 14.5 Å². The summed E-state index contributed by atoms with van der Waals surface area (Å²) in [7, 11) is 1.81. The van der Waals surface area contributed by atoms with Gasteiger partial charge >= 0.3 is 6.03 Å². The van der Waals surface area contributed by atoms with Gasteiger partial charge in [0, 0.05) is 26.7 Å². The Morgan fingerprint density at radius 3 is 2.59 bits per heavy atom. The van der Waals surface area contributed by atoms with Crippen molar-refractivity contribution < 1.29 is 14.3 Å². The minimum Gasteiger partial charge on any atom is -0.363 e. The van der Waals surface area contributed by atoms with Crippen LogP contribution in [-0.4, -0.2) is 75.4 Å². The molecule has 0 saturated carbocycles. The Morgan fingerprint density at radius 2 is 1.97 bits per heavy atom. The summed E-state index contributed by atoms with van der Waals surface area (Å²) in [5, 5.41) is 7.19. The number of hydrogen-bond acceptors (Lipinski definition) is 5. The zero-order chi connectivity index (χ0) is 20.4. The van der Waals surface area contributed by atoms with Gasteiger partial charge in [0.25, 0.3) is 0 Å². The SMILES string of the molecule is C[C@@H](NC(=O)N1CCC2(CC1)CN(C)C(=O)CO2)c1ccc(-n2cncn2)cc1. The molecular weight excluding hydrogens is 372 g/mol. The maximum absolute atomic E-state index is 12.7. The van der Waals surface area contributed by atoms with Crippen LogP contribution in [0.25, 0.3) is 5.69 Å². The molecule has 3 heterocycles. The van der Waals surface area contributed by atoms with Crippen molar-refractivity contribution in [3.8, 4) is 5.69 Å². The van der Waals surface area contributed by atoms with Crippen molar-refractivity contribution in [3.05, 3.63) is 42.5 Å². The summed E-state index contributed by atoms with van der Waals surface area (Å²) in [6, 6.07) is 7.68. The highest BCUT2D eigenvalue weighted by Crippen LogP contribution is 2.30. The molecule has 0 radical (unpaired) electrons. The lowest BCUT2D eigenvalue weighted by atomic mass is 9.89. The van der Waals surface area contributed by atoms with Crippen molar-refractivity contribution in [2.45, 2.75) is 31.4 Å². The lowest BCUT2D eigenvalue weighted by Gasteiger charge is -2.46. The molecule has 9 heteroatoms. The topological polar surface area (TPSA) is 92.6 Å². The van der Waals surface area contributed by atoms with Gasteiger partial charge in [0.15, 0.2) is 0 Å². The second-order valence-electron chi connectivity index (χ2n) is 7.81. The van der Waals surface area contributed by atoms with E-state index in [1.54, 1.807) is 15.9 Å². The molecule has 1 aromatic heterocycles. The van der Waals surface area contributed by atoms with Crippen LogP contribution in [0.15, 0.2) is 36.9 Å². The number of carbonyl (C=O) groups excluding carboxylic acids is 2. The summed E-state index contributed by atoms with van der Waals surface area (Å²) in [5.74, 6) is 0.0134. The predicted octanol–water partition coefficient (Wildman–Crippen LogP) is 1.36. The normalized spacial score (nSPS) is 20.0. The van der Waals surface area contributed by atoms with E-state index in [0.717, 1.165) is 24.1 Å². The number of aromatic nitrogens is 3. The van der Waals surface area contributed by atoms with Gasteiger partial charge < -0.3 is 19.9 Å². The second-order valence-corrected chi connectivity index (χ2v) is 7.81. The third-order valence-corrected chi connectivity index (χ3v) is 5.83. The molecule has 0 unspecified atom stereocenters.